The molecule has 0 aliphatic carbocycles. The molecule has 1 unspecified atom stereocenters. The van der Waals surface area contributed by atoms with Crippen LogP contribution in [0.2, 0.25) is 0 Å². The van der Waals surface area contributed by atoms with Crippen molar-refractivity contribution in [2.45, 2.75) is 51.6 Å². The molecule has 0 radical (unpaired) electrons. The van der Waals surface area contributed by atoms with E-state index in [0.717, 1.165) is 38.6 Å². The van der Waals surface area contributed by atoms with Gasteiger partial charge >= 0.3 is 0 Å². The molecule has 1 aliphatic heterocycles. The van der Waals surface area contributed by atoms with Crippen LogP contribution in [0.5, 0.6) is 0 Å². The van der Waals surface area contributed by atoms with E-state index in [1.165, 1.54) is 0 Å². The summed E-state index contributed by atoms with van der Waals surface area (Å²) in [6.07, 6.45) is 6.48. The molecule has 1 fully saturated rings. The Morgan fingerprint density at radius 2 is 2.09 bits per heavy atom. The second kappa shape index (κ2) is 10.6. The quantitative estimate of drug-likeness (QED) is 0.388. The predicted molar refractivity (Wildman–Crippen MR) is 132 cm³/mol. The second-order valence-electron chi connectivity index (χ2n) is 8.64. The van der Waals surface area contributed by atoms with Gasteiger partial charge in [0.15, 0.2) is 5.65 Å². The number of aromatic nitrogens is 3. The summed E-state index contributed by atoms with van der Waals surface area (Å²) in [7, 11) is 1.65. The number of hydrogen-bond donors (Lipinski definition) is 2. The van der Waals surface area contributed by atoms with Crippen LogP contribution in [0.25, 0.3) is 11.2 Å². The summed E-state index contributed by atoms with van der Waals surface area (Å²) >= 11 is 0. The number of fused-ring (bicyclic) bond motifs is 1. The Morgan fingerprint density at radius 3 is 2.85 bits per heavy atom. The predicted octanol–water partition coefficient (Wildman–Crippen LogP) is 3.71. The van der Waals surface area contributed by atoms with Crippen LogP contribution in [0.1, 0.15) is 59.7 Å². The van der Waals surface area contributed by atoms with Crippen molar-refractivity contribution in [2.75, 3.05) is 31.3 Å². The highest BCUT2D eigenvalue weighted by atomic mass is 16.5. The van der Waals surface area contributed by atoms with E-state index in [-0.39, 0.29) is 17.9 Å². The van der Waals surface area contributed by atoms with E-state index in [9.17, 15) is 9.59 Å². The van der Waals surface area contributed by atoms with Crippen LogP contribution >= 0.6 is 0 Å². The molecule has 1 atom stereocenters. The molecule has 0 spiro atoms. The summed E-state index contributed by atoms with van der Waals surface area (Å²) in [5.41, 5.74) is 8.47. The fourth-order valence-corrected chi connectivity index (χ4v) is 4.51. The van der Waals surface area contributed by atoms with Crippen LogP contribution in [0.4, 0.5) is 11.6 Å². The smallest absolute Gasteiger partial charge is 0.258 e. The number of amides is 2. The van der Waals surface area contributed by atoms with Gasteiger partial charge in [0, 0.05) is 50.3 Å². The monoisotopic (exact) mass is 464 g/mol. The third kappa shape index (κ3) is 5.04. The van der Waals surface area contributed by atoms with Crippen LogP contribution in [-0.2, 0) is 11.3 Å². The van der Waals surface area contributed by atoms with Gasteiger partial charge in [0.05, 0.1) is 5.56 Å². The van der Waals surface area contributed by atoms with E-state index in [1.807, 2.05) is 9.47 Å². The number of nitrogens with one attached hydrogen (secondary N) is 1. The van der Waals surface area contributed by atoms with Crippen molar-refractivity contribution >= 4 is 34.6 Å². The zero-order valence-electron chi connectivity index (χ0n) is 19.8. The van der Waals surface area contributed by atoms with Crippen molar-refractivity contribution < 1.29 is 14.3 Å². The maximum atomic E-state index is 13.3. The van der Waals surface area contributed by atoms with Crippen molar-refractivity contribution in [2.24, 2.45) is 0 Å². The van der Waals surface area contributed by atoms with E-state index in [0.29, 0.717) is 47.1 Å². The van der Waals surface area contributed by atoms with E-state index >= 15 is 0 Å². The summed E-state index contributed by atoms with van der Waals surface area (Å²) in [6, 6.07) is 8.80. The van der Waals surface area contributed by atoms with Gasteiger partial charge in [0.25, 0.3) is 11.8 Å². The lowest BCUT2D eigenvalue weighted by Crippen LogP contribution is -2.43. The number of benzene rings is 1. The number of piperidine rings is 1. The number of imidazole rings is 1. The Morgan fingerprint density at radius 1 is 1.24 bits per heavy atom. The molecule has 0 bridgehead atoms. The first-order valence-corrected chi connectivity index (χ1v) is 11.8. The summed E-state index contributed by atoms with van der Waals surface area (Å²) < 4.78 is 7.04. The minimum Gasteiger partial charge on any atom is -0.399 e. The first kappa shape index (κ1) is 23.7. The van der Waals surface area contributed by atoms with Gasteiger partial charge in [0.1, 0.15) is 5.52 Å². The van der Waals surface area contributed by atoms with Gasteiger partial charge in [-0.3, -0.25) is 19.5 Å². The average Bonchev–Trinajstić information content (AvgIpc) is 3.19. The van der Waals surface area contributed by atoms with Gasteiger partial charge in [-0.05, 0) is 56.4 Å². The maximum Gasteiger partial charge on any atom is 0.258 e. The van der Waals surface area contributed by atoms with Crippen molar-refractivity contribution in [1.82, 2.24) is 19.4 Å². The molecule has 4 rings (SSSR count). The third-order valence-electron chi connectivity index (χ3n) is 6.30. The van der Waals surface area contributed by atoms with Gasteiger partial charge in [-0.25, -0.2) is 9.97 Å². The van der Waals surface area contributed by atoms with Gasteiger partial charge < -0.3 is 15.4 Å². The Balaban J connectivity index is 1.65. The van der Waals surface area contributed by atoms with E-state index < -0.39 is 0 Å². The molecule has 9 nitrogen and oxygen atoms in total. The molecule has 1 aromatic carbocycles. The lowest BCUT2D eigenvalue weighted by molar-refractivity contribution is 0.0607. The Labute approximate surface area is 199 Å². The Hall–Kier alpha value is -3.46. The number of nitrogens with zero attached hydrogens (tertiary/aromatic N) is 4. The van der Waals surface area contributed by atoms with Crippen LogP contribution < -0.4 is 11.1 Å². The second-order valence-corrected chi connectivity index (χ2v) is 8.64. The first-order valence-electron chi connectivity index (χ1n) is 11.8. The lowest BCUT2D eigenvalue weighted by atomic mass is 9.99. The highest BCUT2D eigenvalue weighted by molar-refractivity contribution is 6.04. The summed E-state index contributed by atoms with van der Waals surface area (Å²) in [5, 5.41) is 2.88. The minimum atomic E-state index is -0.314. The number of pyridine rings is 1. The zero-order valence-corrected chi connectivity index (χ0v) is 19.8. The normalized spacial score (nSPS) is 16.1. The summed E-state index contributed by atoms with van der Waals surface area (Å²) in [5.74, 6) is 0.0475. The van der Waals surface area contributed by atoms with Gasteiger partial charge in [-0.1, -0.05) is 13.0 Å². The average molecular weight is 465 g/mol. The Kier molecular flexibility index (Phi) is 7.42. The molecular formula is C25H32N6O3. The fraction of sp³-hybridized carbons (Fsp3) is 0.440. The number of ether oxygens (including phenoxy) is 1. The van der Waals surface area contributed by atoms with Crippen LogP contribution in [0.15, 0.2) is 36.5 Å². The molecule has 9 heteroatoms. The third-order valence-corrected chi connectivity index (χ3v) is 6.30. The van der Waals surface area contributed by atoms with Crippen LogP contribution in [0.3, 0.4) is 0 Å². The molecule has 3 aromatic rings. The number of hydrogen-bond acceptors (Lipinski definition) is 6. The van der Waals surface area contributed by atoms with Crippen molar-refractivity contribution in [3.63, 3.8) is 0 Å². The molecule has 2 aromatic heterocycles. The highest BCUT2D eigenvalue weighted by Gasteiger charge is 2.27. The number of likely N-dealkylation sites (tertiary alicyclic amines) is 1. The molecule has 1 saturated heterocycles. The van der Waals surface area contributed by atoms with Crippen molar-refractivity contribution in [3.05, 3.63) is 47.7 Å². The minimum absolute atomic E-state index is 0.0137. The SMILES string of the molecule is CCC1CCCCN1C(=O)c1cnc2c(c1)nc(NC(=O)c1cccc(N)c1)n2CCCOC. The molecule has 2 amide bonds. The number of carbonyl (C=O) groups is 2. The molecular weight excluding hydrogens is 432 g/mol. The molecule has 3 heterocycles. The standard InChI is InChI=1S/C25H32N6O3/c1-3-20-10-4-5-11-30(20)24(33)18-15-21-22(27-16-18)31(12-7-13-34-2)25(28-21)29-23(32)17-8-6-9-19(26)14-17/h6,8-9,14-16,20H,3-5,7,10-13,26H2,1-2H3,(H,28,29,32). The Bertz CT molecular complexity index is 1170. The van der Waals surface area contributed by atoms with E-state index in [4.69, 9.17) is 10.5 Å². The lowest BCUT2D eigenvalue weighted by Gasteiger charge is -2.35. The van der Waals surface area contributed by atoms with Crippen molar-refractivity contribution in [1.29, 1.82) is 0 Å². The number of nitrogen functional groups attached to an aromatic ring is 1. The number of nitrogens with two attached hydrogens (primary N) is 1. The largest absolute Gasteiger partial charge is 0.399 e. The van der Waals surface area contributed by atoms with Gasteiger partial charge in [0.2, 0.25) is 5.95 Å². The van der Waals surface area contributed by atoms with Gasteiger partial charge in [-0.2, -0.15) is 0 Å². The number of carbonyl (C=O) groups excluding carboxylic acids is 2. The van der Waals surface area contributed by atoms with E-state index in [2.05, 4.69) is 22.2 Å². The molecule has 34 heavy (non-hydrogen) atoms. The molecule has 1 aliphatic rings. The number of methoxy groups -OCH3 is 1. The number of rotatable bonds is 8. The topological polar surface area (TPSA) is 115 Å². The zero-order chi connectivity index (χ0) is 24.1. The van der Waals surface area contributed by atoms with Crippen molar-refractivity contribution in [3.8, 4) is 0 Å². The summed E-state index contributed by atoms with van der Waals surface area (Å²) in [6.45, 7) is 4.00. The fourth-order valence-electron chi connectivity index (χ4n) is 4.51. The van der Waals surface area contributed by atoms with Gasteiger partial charge in [-0.15, -0.1) is 0 Å². The van der Waals surface area contributed by atoms with E-state index in [1.54, 1.807) is 43.6 Å². The number of aryl methyl sites for hydroxylation is 1. The maximum absolute atomic E-state index is 13.3. The van der Waals surface area contributed by atoms with Crippen LogP contribution in [0, 0.1) is 0 Å². The molecule has 180 valence electrons. The molecule has 0 saturated carbocycles. The summed E-state index contributed by atoms with van der Waals surface area (Å²) in [4.78, 5) is 37.3. The highest BCUT2D eigenvalue weighted by Crippen LogP contribution is 2.24. The number of anilines is 2. The molecule has 3 N–H and O–H groups in total. The van der Waals surface area contributed by atoms with Crippen LogP contribution in [-0.4, -0.2) is 57.6 Å². The first-order chi connectivity index (χ1) is 16.5.